The molecule has 0 atom stereocenters. The average molecular weight is 234 g/mol. The van der Waals surface area contributed by atoms with Crippen molar-refractivity contribution in [1.82, 2.24) is 0 Å². The Kier molecular flexibility index (Phi) is 3.52. The molecule has 0 spiro atoms. The molecule has 4 nitrogen and oxygen atoms in total. The van der Waals surface area contributed by atoms with Crippen molar-refractivity contribution in [3.05, 3.63) is 23.8 Å². The van der Waals surface area contributed by atoms with E-state index in [1.165, 1.54) is 5.56 Å². The highest BCUT2D eigenvalue weighted by molar-refractivity contribution is 5.81. The van der Waals surface area contributed by atoms with Crippen molar-refractivity contribution >= 4 is 17.3 Å². The molecular weight excluding hydrogens is 216 g/mol. The number of benzene rings is 1. The number of aryl methyl sites for hydroxylation is 1. The van der Waals surface area contributed by atoms with Crippen LogP contribution < -0.4 is 10.2 Å². The van der Waals surface area contributed by atoms with Gasteiger partial charge in [0.2, 0.25) is 0 Å². The topological polar surface area (TPSA) is 41.6 Å². The molecule has 17 heavy (non-hydrogen) atoms. The SMILES string of the molecule is CCOC(=O)CN1CCNc2c(C)cccc21. The fourth-order valence-corrected chi connectivity index (χ4v) is 2.11. The summed E-state index contributed by atoms with van der Waals surface area (Å²) in [5.41, 5.74) is 3.42. The smallest absolute Gasteiger partial charge is 0.325 e. The Morgan fingerprint density at radius 2 is 2.35 bits per heavy atom. The number of para-hydroxylation sites is 1. The fourth-order valence-electron chi connectivity index (χ4n) is 2.11. The van der Waals surface area contributed by atoms with Crippen LogP contribution in [0.2, 0.25) is 0 Å². The first kappa shape index (κ1) is 11.8. The van der Waals surface area contributed by atoms with Gasteiger partial charge in [0.25, 0.3) is 0 Å². The van der Waals surface area contributed by atoms with Crippen molar-refractivity contribution in [1.29, 1.82) is 0 Å². The summed E-state index contributed by atoms with van der Waals surface area (Å²) in [6.45, 7) is 6.34. The minimum absolute atomic E-state index is 0.165. The number of ether oxygens (including phenoxy) is 1. The first-order valence-corrected chi connectivity index (χ1v) is 5.96. The molecule has 0 bridgehead atoms. The van der Waals surface area contributed by atoms with E-state index in [1.54, 1.807) is 0 Å². The highest BCUT2D eigenvalue weighted by Crippen LogP contribution is 2.31. The predicted molar refractivity (Wildman–Crippen MR) is 68.5 cm³/mol. The van der Waals surface area contributed by atoms with Crippen LogP contribution in [0.3, 0.4) is 0 Å². The molecule has 0 aromatic heterocycles. The molecule has 4 heteroatoms. The van der Waals surface area contributed by atoms with Crippen molar-refractivity contribution in [3.8, 4) is 0 Å². The molecule has 1 heterocycles. The van der Waals surface area contributed by atoms with Gasteiger partial charge in [-0.15, -0.1) is 0 Å². The number of carbonyl (C=O) groups excluding carboxylic acids is 1. The number of carbonyl (C=O) groups is 1. The Labute approximate surface area is 102 Å². The van der Waals surface area contributed by atoms with E-state index in [9.17, 15) is 4.79 Å². The van der Waals surface area contributed by atoms with Crippen LogP contribution in [0.25, 0.3) is 0 Å². The Bertz CT molecular complexity index is 418. The molecule has 1 N–H and O–H groups in total. The maximum atomic E-state index is 11.5. The Hall–Kier alpha value is -1.71. The van der Waals surface area contributed by atoms with E-state index in [1.807, 2.05) is 19.1 Å². The number of rotatable bonds is 3. The number of fused-ring (bicyclic) bond motifs is 1. The van der Waals surface area contributed by atoms with Gasteiger partial charge in [0.15, 0.2) is 0 Å². The van der Waals surface area contributed by atoms with Crippen molar-refractivity contribution in [2.24, 2.45) is 0 Å². The minimum atomic E-state index is -0.165. The van der Waals surface area contributed by atoms with E-state index in [2.05, 4.69) is 23.2 Å². The summed E-state index contributed by atoms with van der Waals surface area (Å²) in [4.78, 5) is 13.6. The van der Waals surface area contributed by atoms with E-state index in [-0.39, 0.29) is 5.97 Å². The van der Waals surface area contributed by atoms with Gasteiger partial charge in [-0.25, -0.2) is 0 Å². The molecule has 1 aliphatic rings. The average Bonchev–Trinajstić information content (AvgIpc) is 2.31. The van der Waals surface area contributed by atoms with Crippen LogP contribution in [0.15, 0.2) is 18.2 Å². The van der Waals surface area contributed by atoms with Crippen LogP contribution in [-0.4, -0.2) is 32.2 Å². The van der Waals surface area contributed by atoms with Crippen LogP contribution in [0, 0.1) is 6.92 Å². The summed E-state index contributed by atoms with van der Waals surface area (Å²) in [7, 11) is 0. The summed E-state index contributed by atoms with van der Waals surface area (Å²) in [5, 5.41) is 3.37. The van der Waals surface area contributed by atoms with Crippen LogP contribution in [0.4, 0.5) is 11.4 Å². The lowest BCUT2D eigenvalue weighted by molar-refractivity contribution is -0.141. The second-order valence-electron chi connectivity index (χ2n) is 4.12. The lowest BCUT2D eigenvalue weighted by Gasteiger charge is -2.32. The quantitative estimate of drug-likeness (QED) is 0.810. The summed E-state index contributed by atoms with van der Waals surface area (Å²) >= 11 is 0. The Balaban J connectivity index is 2.17. The van der Waals surface area contributed by atoms with E-state index in [0.717, 1.165) is 24.5 Å². The number of nitrogens with one attached hydrogen (secondary N) is 1. The molecule has 0 saturated carbocycles. The summed E-state index contributed by atoms with van der Waals surface area (Å²) in [6, 6.07) is 6.12. The standard InChI is InChI=1S/C13H18N2O2/c1-3-17-12(16)9-15-8-7-14-13-10(2)5-4-6-11(13)15/h4-6,14H,3,7-9H2,1-2H3. The van der Waals surface area contributed by atoms with Crippen LogP contribution in [-0.2, 0) is 9.53 Å². The van der Waals surface area contributed by atoms with Gasteiger partial charge in [0.1, 0.15) is 6.54 Å². The maximum absolute atomic E-state index is 11.5. The zero-order valence-electron chi connectivity index (χ0n) is 10.3. The molecule has 1 aromatic rings. The highest BCUT2D eigenvalue weighted by atomic mass is 16.5. The van der Waals surface area contributed by atoms with E-state index >= 15 is 0 Å². The molecular formula is C13H18N2O2. The molecule has 0 fully saturated rings. The van der Waals surface area contributed by atoms with Gasteiger partial charge in [0.05, 0.1) is 18.0 Å². The van der Waals surface area contributed by atoms with Gasteiger partial charge in [-0.2, -0.15) is 0 Å². The second-order valence-corrected chi connectivity index (χ2v) is 4.12. The molecule has 2 rings (SSSR count). The summed E-state index contributed by atoms with van der Waals surface area (Å²) in [5.74, 6) is -0.165. The largest absolute Gasteiger partial charge is 0.465 e. The zero-order valence-corrected chi connectivity index (χ0v) is 10.3. The normalized spacial score (nSPS) is 13.9. The van der Waals surface area contributed by atoms with Crippen LogP contribution >= 0.6 is 0 Å². The third kappa shape index (κ3) is 2.52. The van der Waals surface area contributed by atoms with Gasteiger partial charge in [-0.05, 0) is 25.5 Å². The van der Waals surface area contributed by atoms with E-state index in [0.29, 0.717) is 13.2 Å². The number of hydrogen-bond acceptors (Lipinski definition) is 4. The third-order valence-electron chi connectivity index (χ3n) is 2.90. The molecule has 1 aliphatic heterocycles. The fraction of sp³-hybridized carbons (Fsp3) is 0.462. The first-order chi connectivity index (χ1) is 8.22. The van der Waals surface area contributed by atoms with Gasteiger partial charge in [-0.1, -0.05) is 12.1 Å². The Morgan fingerprint density at radius 1 is 1.53 bits per heavy atom. The predicted octanol–water partition coefficient (Wildman–Crippen LogP) is 1.79. The lowest BCUT2D eigenvalue weighted by atomic mass is 10.1. The highest BCUT2D eigenvalue weighted by Gasteiger charge is 2.20. The van der Waals surface area contributed by atoms with Crippen molar-refractivity contribution in [3.63, 3.8) is 0 Å². The van der Waals surface area contributed by atoms with E-state index < -0.39 is 0 Å². The van der Waals surface area contributed by atoms with Gasteiger partial charge in [0, 0.05) is 13.1 Å². The van der Waals surface area contributed by atoms with Gasteiger partial charge in [-0.3, -0.25) is 4.79 Å². The van der Waals surface area contributed by atoms with Crippen molar-refractivity contribution in [2.75, 3.05) is 36.5 Å². The Morgan fingerprint density at radius 3 is 3.12 bits per heavy atom. The molecule has 0 amide bonds. The van der Waals surface area contributed by atoms with Gasteiger partial charge >= 0.3 is 5.97 Å². The maximum Gasteiger partial charge on any atom is 0.325 e. The van der Waals surface area contributed by atoms with Crippen LogP contribution in [0.1, 0.15) is 12.5 Å². The third-order valence-corrected chi connectivity index (χ3v) is 2.90. The second kappa shape index (κ2) is 5.08. The van der Waals surface area contributed by atoms with Crippen LogP contribution in [0.5, 0.6) is 0 Å². The molecule has 0 aliphatic carbocycles. The first-order valence-electron chi connectivity index (χ1n) is 5.96. The molecule has 92 valence electrons. The molecule has 0 radical (unpaired) electrons. The number of nitrogens with zero attached hydrogens (tertiary/aromatic N) is 1. The molecule has 0 unspecified atom stereocenters. The zero-order chi connectivity index (χ0) is 12.3. The number of hydrogen-bond donors (Lipinski definition) is 1. The van der Waals surface area contributed by atoms with Gasteiger partial charge < -0.3 is 15.0 Å². The summed E-state index contributed by atoms with van der Waals surface area (Å²) < 4.78 is 4.99. The van der Waals surface area contributed by atoms with Crippen molar-refractivity contribution in [2.45, 2.75) is 13.8 Å². The lowest BCUT2D eigenvalue weighted by Crippen LogP contribution is -2.38. The molecule has 1 aromatic carbocycles. The van der Waals surface area contributed by atoms with E-state index in [4.69, 9.17) is 4.74 Å². The summed E-state index contributed by atoms with van der Waals surface area (Å²) in [6.07, 6.45) is 0. The van der Waals surface area contributed by atoms with Crippen molar-refractivity contribution < 1.29 is 9.53 Å². The number of esters is 1. The molecule has 0 saturated heterocycles. The monoisotopic (exact) mass is 234 g/mol. The minimum Gasteiger partial charge on any atom is -0.465 e. The number of anilines is 2.